The highest BCUT2D eigenvalue weighted by Crippen LogP contribution is 2.65. The molecule has 4 aliphatic rings. The van der Waals surface area contributed by atoms with Gasteiger partial charge in [-0.25, -0.2) is 4.68 Å². The van der Waals surface area contributed by atoms with Crippen molar-refractivity contribution in [3.05, 3.63) is 5.82 Å². The smallest absolute Gasteiger partial charge is 0.148 e. The number of aliphatic hydroxyl groups is 1. The third kappa shape index (κ3) is 3.84. The summed E-state index contributed by atoms with van der Waals surface area (Å²) in [6.45, 7) is 10.3. The maximum Gasteiger partial charge on any atom is 0.148 e. The number of fused-ring (bicyclic) bond motifs is 5. The third-order valence-electron chi connectivity index (χ3n) is 11.0. The van der Waals surface area contributed by atoms with E-state index in [0.717, 1.165) is 67.1 Å². The summed E-state index contributed by atoms with van der Waals surface area (Å²) in [6, 6.07) is 0. The van der Waals surface area contributed by atoms with Gasteiger partial charge in [-0.2, -0.15) is 0 Å². The Morgan fingerprint density at radius 2 is 1.88 bits per heavy atom. The van der Waals surface area contributed by atoms with Crippen LogP contribution in [0, 0.1) is 53.8 Å². The van der Waals surface area contributed by atoms with Gasteiger partial charge in [0.1, 0.15) is 5.82 Å². The van der Waals surface area contributed by atoms with Gasteiger partial charge in [-0.1, -0.05) is 33.6 Å². The van der Waals surface area contributed by atoms with E-state index in [1.807, 2.05) is 11.6 Å². The van der Waals surface area contributed by atoms with E-state index in [9.17, 15) is 5.11 Å². The zero-order chi connectivity index (χ0) is 22.5. The molecule has 5 nitrogen and oxygen atoms in total. The van der Waals surface area contributed by atoms with Gasteiger partial charge in [0.25, 0.3) is 0 Å². The van der Waals surface area contributed by atoms with Crippen molar-refractivity contribution in [2.75, 3.05) is 0 Å². The van der Waals surface area contributed by atoms with Crippen LogP contribution in [0.15, 0.2) is 0 Å². The molecule has 0 radical (unpaired) electrons. The van der Waals surface area contributed by atoms with Gasteiger partial charge in [-0.15, -0.1) is 5.10 Å². The minimum absolute atomic E-state index is 0.352. The average Bonchev–Trinajstić information content (AvgIpc) is 3.34. The molecule has 5 heteroatoms. The van der Waals surface area contributed by atoms with E-state index in [0.29, 0.717) is 11.3 Å². The van der Waals surface area contributed by atoms with Gasteiger partial charge in [0, 0.05) is 6.54 Å². The molecule has 4 fully saturated rings. The molecule has 5 rings (SSSR count). The average molecular weight is 443 g/mol. The molecule has 180 valence electrons. The quantitative estimate of drug-likeness (QED) is 0.604. The molecular formula is C27H46N4O. The molecule has 0 bridgehead atoms. The zero-order valence-electron chi connectivity index (χ0n) is 21.0. The second kappa shape index (κ2) is 8.67. The molecule has 9 atom stereocenters. The number of rotatable bonds is 6. The summed E-state index contributed by atoms with van der Waals surface area (Å²) in [5, 5.41) is 23.4. The summed E-state index contributed by atoms with van der Waals surface area (Å²) in [7, 11) is 0. The Kier molecular flexibility index (Phi) is 6.18. The molecule has 4 aliphatic carbocycles. The number of hydrogen-bond acceptors (Lipinski definition) is 4. The molecule has 0 saturated heterocycles. The van der Waals surface area contributed by atoms with Crippen LogP contribution in [0.25, 0.3) is 0 Å². The van der Waals surface area contributed by atoms with Crippen LogP contribution in [0.3, 0.4) is 0 Å². The number of aryl methyl sites for hydroxylation is 1. The third-order valence-corrected chi connectivity index (χ3v) is 11.0. The van der Waals surface area contributed by atoms with E-state index in [1.54, 1.807) is 0 Å². The Morgan fingerprint density at radius 3 is 2.62 bits per heavy atom. The molecule has 4 saturated carbocycles. The molecule has 1 unspecified atom stereocenters. The van der Waals surface area contributed by atoms with Gasteiger partial charge < -0.3 is 5.11 Å². The first-order valence-electron chi connectivity index (χ1n) is 13.8. The van der Waals surface area contributed by atoms with E-state index in [4.69, 9.17) is 0 Å². The summed E-state index contributed by atoms with van der Waals surface area (Å²) in [5.41, 5.74) is 0.140. The Morgan fingerprint density at radius 1 is 1.06 bits per heavy atom. The highest BCUT2D eigenvalue weighted by Gasteiger charge is 2.58. The predicted octanol–water partition coefficient (Wildman–Crippen LogP) is 5.81. The Hall–Kier alpha value is -0.970. The van der Waals surface area contributed by atoms with E-state index in [-0.39, 0.29) is 5.60 Å². The molecule has 1 N–H and O–H groups in total. The first-order valence-corrected chi connectivity index (χ1v) is 13.8. The van der Waals surface area contributed by atoms with Crippen LogP contribution in [0.4, 0.5) is 0 Å². The maximum atomic E-state index is 11.2. The van der Waals surface area contributed by atoms with E-state index < -0.39 is 0 Å². The summed E-state index contributed by atoms with van der Waals surface area (Å²) in [6.07, 6.45) is 15.3. The maximum absolute atomic E-state index is 11.2. The van der Waals surface area contributed by atoms with Crippen molar-refractivity contribution in [1.29, 1.82) is 0 Å². The first-order chi connectivity index (χ1) is 15.3. The minimum Gasteiger partial charge on any atom is -0.390 e. The Bertz CT molecular complexity index is 794. The lowest BCUT2D eigenvalue weighted by atomic mass is 9.48. The monoisotopic (exact) mass is 442 g/mol. The number of hydrogen-bond donors (Lipinski definition) is 1. The van der Waals surface area contributed by atoms with Gasteiger partial charge >= 0.3 is 0 Å². The molecule has 32 heavy (non-hydrogen) atoms. The number of unbranched alkanes of at least 4 members (excludes halogenated alkanes) is 1. The second-order valence-electron chi connectivity index (χ2n) is 12.6. The van der Waals surface area contributed by atoms with Gasteiger partial charge in [0.15, 0.2) is 0 Å². The predicted molar refractivity (Wildman–Crippen MR) is 127 cm³/mol. The fraction of sp³-hybridized carbons (Fsp3) is 0.963. The van der Waals surface area contributed by atoms with Gasteiger partial charge in [0.2, 0.25) is 0 Å². The van der Waals surface area contributed by atoms with Crippen LogP contribution in [0.1, 0.15) is 104 Å². The first kappa shape index (κ1) is 22.8. The molecule has 0 amide bonds. The van der Waals surface area contributed by atoms with Crippen LogP contribution in [-0.2, 0) is 6.54 Å². The van der Waals surface area contributed by atoms with Crippen molar-refractivity contribution in [2.45, 2.75) is 117 Å². The SMILES string of the molecule is CCCC[C@@]1(O)CC[C@H]2[C@H](CC[C@@H]3[C@@H]2CC[C@]2(C)[C@@H](C(C)Cn4nnnc4C)CC[C@@H]32)C1. The number of aromatic nitrogens is 4. The van der Waals surface area contributed by atoms with Gasteiger partial charge in [-0.3, -0.25) is 0 Å². The van der Waals surface area contributed by atoms with E-state index in [1.165, 1.54) is 57.8 Å². The lowest BCUT2D eigenvalue weighted by molar-refractivity contribution is -0.111. The Labute approximate surface area is 195 Å². The van der Waals surface area contributed by atoms with Gasteiger partial charge in [0.05, 0.1) is 5.60 Å². The lowest BCUT2D eigenvalue weighted by Crippen LogP contribution is -2.51. The topological polar surface area (TPSA) is 63.8 Å². The van der Waals surface area contributed by atoms with E-state index in [2.05, 4.69) is 36.3 Å². The fourth-order valence-electron chi connectivity index (χ4n) is 9.49. The van der Waals surface area contributed by atoms with Crippen molar-refractivity contribution in [2.24, 2.45) is 46.8 Å². The molecule has 1 aromatic rings. The standard InChI is InChI=1S/C27H46N4O/c1-5-6-13-27(32)15-12-21-20(16-27)7-8-23-22(21)11-14-26(4)24(9-10-25(23)26)18(2)17-31-19(3)28-29-30-31/h18,20-25,32H,5-17H2,1-4H3/t18?,20-,21+,22-,23-,24-,25+,26-,27-/m1/s1. The van der Waals surface area contributed by atoms with Crippen molar-refractivity contribution < 1.29 is 5.11 Å². The Balaban J connectivity index is 1.27. The second-order valence-corrected chi connectivity index (χ2v) is 12.6. The van der Waals surface area contributed by atoms with Crippen molar-refractivity contribution >= 4 is 0 Å². The highest BCUT2D eigenvalue weighted by atomic mass is 16.3. The minimum atomic E-state index is -0.352. The lowest BCUT2D eigenvalue weighted by Gasteiger charge is -2.57. The van der Waals surface area contributed by atoms with Crippen LogP contribution in [-0.4, -0.2) is 30.9 Å². The number of nitrogens with zero attached hydrogens (tertiary/aromatic N) is 4. The largest absolute Gasteiger partial charge is 0.390 e. The fourth-order valence-corrected chi connectivity index (χ4v) is 9.49. The molecule has 1 heterocycles. The molecule has 0 aliphatic heterocycles. The summed E-state index contributed by atoms with van der Waals surface area (Å²) in [5.74, 6) is 6.81. The van der Waals surface area contributed by atoms with E-state index >= 15 is 0 Å². The number of tetrazole rings is 1. The highest BCUT2D eigenvalue weighted by molar-refractivity contribution is 5.07. The summed E-state index contributed by atoms with van der Waals surface area (Å²) in [4.78, 5) is 0. The molecule has 0 aromatic carbocycles. The molecular weight excluding hydrogens is 396 g/mol. The van der Waals surface area contributed by atoms with Gasteiger partial charge in [-0.05, 0) is 128 Å². The van der Waals surface area contributed by atoms with Crippen LogP contribution in [0.2, 0.25) is 0 Å². The summed E-state index contributed by atoms with van der Waals surface area (Å²) < 4.78 is 2.01. The van der Waals surface area contributed by atoms with Crippen molar-refractivity contribution in [3.63, 3.8) is 0 Å². The molecule has 1 aromatic heterocycles. The normalized spacial score (nSPS) is 44.5. The van der Waals surface area contributed by atoms with Crippen LogP contribution < -0.4 is 0 Å². The van der Waals surface area contributed by atoms with Crippen LogP contribution in [0.5, 0.6) is 0 Å². The summed E-state index contributed by atoms with van der Waals surface area (Å²) >= 11 is 0. The molecule has 0 spiro atoms. The van der Waals surface area contributed by atoms with Crippen molar-refractivity contribution in [3.8, 4) is 0 Å². The van der Waals surface area contributed by atoms with Crippen LogP contribution >= 0.6 is 0 Å². The zero-order valence-corrected chi connectivity index (χ0v) is 21.0. The van der Waals surface area contributed by atoms with Crippen molar-refractivity contribution in [1.82, 2.24) is 20.2 Å².